The standard InChI is InChI=1S/C13H24O2/c1-4-7-15-13(9-11-5-6-11)12(14)8-10(2)3/h10-11,13H,4-9H2,1-3H3. The smallest absolute Gasteiger partial charge is 0.161 e. The summed E-state index contributed by atoms with van der Waals surface area (Å²) in [5.41, 5.74) is 0. The van der Waals surface area contributed by atoms with Gasteiger partial charge in [0.1, 0.15) is 6.10 Å². The highest BCUT2D eigenvalue weighted by Crippen LogP contribution is 2.34. The van der Waals surface area contributed by atoms with Gasteiger partial charge in [-0.15, -0.1) is 0 Å². The van der Waals surface area contributed by atoms with Gasteiger partial charge in [-0.25, -0.2) is 0 Å². The van der Waals surface area contributed by atoms with Crippen LogP contribution < -0.4 is 0 Å². The van der Waals surface area contributed by atoms with Crippen molar-refractivity contribution in [1.29, 1.82) is 0 Å². The van der Waals surface area contributed by atoms with Gasteiger partial charge >= 0.3 is 0 Å². The van der Waals surface area contributed by atoms with Crippen LogP contribution in [-0.4, -0.2) is 18.5 Å². The summed E-state index contributed by atoms with van der Waals surface area (Å²) in [6.45, 7) is 6.99. The Morgan fingerprint density at radius 1 is 1.40 bits per heavy atom. The van der Waals surface area contributed by atoms with Gasteiger partial charge in [-0.1, -0.05) is 33.6 Å². The molecule has 0 aromatic rings. The van der Waals surface area contributed by atoms with Gasteiger partial charge < -0.3 is 4.74 Å². The third-order valence-corrected chi connectivity index (χ3v) is 2.74. The highest BCUT2D eigenvalue weighted by Gasteiger charge is 2.29. The van der Waals surface area contributed by atoms with Crippen LogP contribution >= 0.6 is 0 Å². The lowest BCUT2D eigenvalue weighted by Crippen LogP contribution is -2.26. The molecule has 2 heteroatoms. The first kappa shape index (κ1) is 12.7. The number of Topliss-reactive ketones (excluding diaryl/α,β-unsaturated/α-hetero) is 1. The zero-order valence-electron chi connectivity index (χ0n) is 10.3. The molecule has 0 spiro atoms. The van der Waals surface area contributed by atoms with Crippen LogP contribution in [0.5, 0.6) is 0 Å². The topological polar surface area (TPSA) is 26.3 Å². The van der Waals surface area contributed by atoms with Crippen LogP contribution in [0.2, 0.25) is 0 Å². The second-order valence-corrected chi connectivity index (χ2v) is 5.10. The Kier molecular flexibility index (Phi) is 5.30. The third-order valence-electron chi connectivity index (χ3n) is 2.74. The van der Waals surface area contributed by atoms with Crippen LogP contribution in [0.25, 0.3) is 0 Å². The maximum Gasteiger partial charge on any atom is 0.161 e. The molecular formula is C13H24O2. The summed E-state index contributed by atoms with van der Waals surface area (Å²) in [4.78, 5) is 11.9. The zero-order chi connectivity index (χ0) is 11.3. The molecule has 1 saturated carbocycles. The Morgan fingerprint density at radius 3 is 2.53 bits per heavy atom. The molecule has 1 aliphatic rings. The van der Waals surface area contributed by atoms with E-state index >= 15 is 0 Å². The minimum absolute atomic E-state index is 0.111. The first-order chi connectivity index (χ1) is 7.13. The van der Waals surface area contributed by atoms with E-state index in [-0.39, 0.29) is 6.10 Å². The first-order valence-electron chi connectivity index (χ1n) is 6.27. The molecule has 0 amide bonds. The molecule has 0 saturated heterocycles. The average Bonchev–Trinajstić information content (AvgIpc) is 2.94. The number of carbonyl (C=O) groups is 1. The second kappa shape index (κ2) is 6.26. The number of ether oxygens (including phenoxy) is 1. The molecule has 2 nitrogen and oxygen atoms in total. The molecule has 0 radical (unpaired) electrons. The predicted octanol–water partition coefficient (Wildman–Crippen LogP) is 3.20. The molecule has 1 fully saturated rings. The highest BCUT2D eigenvalue weighted by molar-refractivity contribution is 5.83. The average molecular weight is 212 g/mol. The summed E-state index contributed by atoms with van der Waals surface area (Å²) >= 11 is 0. The lowest BCUT2D eigenvalue weighted by Gasteiger charge is -2.17. The van der Waals surface area contributed by atoms with E-state index in [1.54, 1.807) is 0 Å². The van der Waals surface area contributed by atoms with Crippen molar-refractivity contribution in [1.82, 2.24) is 0 Å². The van der Waals surface area contributed by atoms with Gasteiger partial charge in [-0.05, 0) is 24.7 Å². The van der Waals surface area contributed by atoms with Crippen molar-refractivity contribution in [3.8, 4) is 0 Å². The second-order valence-electron chi connectivity index (χ2n) is 5.10. The van der Waals surface area contributed by atoms with Gasteiger partial charge in [-0.3, -0.25) is 4.79 Å². The van der Waals surface area contributed by atoms with Crippen molar-refractivity contribution >= 4 is 5.78 Å². The largest absolute Gasteiger partial charge is 0.370 e. The molecule has 1 aliphatic carbocycles. The van der Waals surface area contributed by atoms with E-state index in [0.717, 1.165) is 25.4 Å². The lowest BCUT2D eigenvalue weighted by molar-refractivity contribution is -0.132. The molecule has 15 heavy (non-hydrogen) atoms. The van der Waals surface area contributed by atoms with Crippen molar-refractivity contribution < 1.29 is 9.53 Å². The van der Waals surface area contributed by atoms with Crippen LogP contribution in [0, 0.1) is 11.8 Å². The maximum atomic E-state index is 11.9. The van der Waals surface area contributed by atoms with E-state index in [4.69, 9.17) is 4.74 Å². The summed E-state index contributed by atoms with van der Waals surface area (Å²) in [5, 5.41) is 0. The molecule has 1 atom stereocenters. The van der Waals surface area contributed by atoms with E-state index in [0.29, 0.717) is 18.1 Å². The Hall–Kier alpha value is -0.370. The molecule has 1 rings (SSSR count). The minimum Gasteiger partial charge on any atom is -0.370 e. The lowest BCUT2D eigenvalue weighted by atomic mass is 10.00. The van der Waals surface area contributed by atoms with E-state index in [9.17, 15) is 4.79 Å². The van der Waals surface area contributed by atoms with Crippen LogP contribution in [0.4, 0.5) is 0 Å². The molecule has 0 aromatic heterocycles. The van der Waals surface area contributed by atoms with Crippen molar-refractivity contribution in [2.45, 2.75) is 59.0 Å². The fourth-order valence-corrected chi connectivity index (χ4v) is 1.74. The summed E-state index contributed by atoms with van der Waals surface area (Å²) in [7, 11) is 0. The molecular weight excluding hydrogens is 188 g/mol. The van der Waals surface area contributed by atoms with E-state index < -0.39 is 0 Å². The van der Waals surface area contributed by atoms with Crippen LogP contribution in [0.3, 0.4) is 0 Å². The number of hydrogen-bond acceptors (Lipinski definition) is 2. The van der Waals surface area contributed by atoms with Gasteiger partial charge in [0.25, 0.3) is 0 Å². The summed E-state index contributed by atoms with van der Waals surface area (Å²) in [6.07, 6.45) is 5.10. The van der Waals surface area contributed by atoms with Crippen molar-refractivity contribution in [2.24, 2.45) is 11.8 Å². The van der Waals surface area contributed by atoms with Crippen molar-refractivity contribution in [3.63, 3.8) is 0 Å². The summed E-state index contributed by atoms with van der Waals surface area (Å²) in [5.74, 6) is 1.53. The van der Waals surface area contributed by atoms with Crippen LogP contribution in [0.1, 0.15) is 52.9 Å². The first-order valence-corrected chi connectivity index (χ1v) is 6.27. The molecule has 1 unspecified atom stereocenters. The maximum absolute atomic E-state index is 11.9. The molecule has 88 valence electrons. The Labute approximate surface area is 93.4 Å². The van der Waals surface area contributed by atoms with Gasteiger partial charge in [0.15, 0.2) is 5.78 Å². The number of rotatable bonds is 8. The highest BCUT2D eigenvalue weighted by atomic mass is 16.5. The number of carbonyl (C=O) groups excluding carboxylic acids is 1. The molecule has 0 aromatic carbocycles. The molecule has 0 aliphatic heterocycles. The van der Waals surface area contributed by atoms with Gasteiger partial charge in [0.05, 0.1) is 0 Å². The fourth-order valence-electron chi connectivity index (χ4n) is 1.74. The van der Waals surface area contributed by atoms with Crippen LogP contribution in [-0.2, 0) is 9.53 Å². The number of hydrogen-bond donors (Lipinski definition) is 0. The van der Waals surface area contributed by atoms with E-state index in [2.05, 4.69) is 20.8 Å². The zero-order valence-corrected chi connectivity index (χ0v) is 10.3. The van der Waals surface area contributed by atoms with Crippen molar-refractivity contribution in [3.05, 3.63) is 0 Å². The summed E-state index contributed by atoms with van der Waals surface area (Å²) in [6, 6.07) is 0. The van der Waals surface area contributed by atoms with Crippen molar-refractivity contribution in [2.75, 3.05) is 6.61 Å². The van der Waals surface area contributed by atoms with Gasteiger partial charge in [0, 0.05) is 13.0 Å². The van der Waals surface area contributed by atoms with E-state index in [1.807, 2.05) is 0 Å². The SMILES string of the molecule is CCCOC(CC1CC1)C(=O)CC(C)C. The third kappa shape index (κ3) is 5.31. The number of ketones is 1. The molecule has 0 bridgehead atoms. The Morgan fingerprint density at radius 2 is 2.07 bits per heavy atom. The fraction of sp³-hybridized carbons (Fsp3) is 0.923. The summed E-state index contributed by atoms with van der Waals surface area (Å²) < 4.78 is 5.66. The monoisotopic (exact) mass is 212 g/mol. The minimum atomic E-state index is -0.111. The Bertz CT molecular complexity index is 195. The van der Waals surface area contributed by atoms with Crippen LogP contribution in [0.15, 0.2) is 0 Å². The van der Waals surface area contributed by atoms with Gasteiger partial charge in [-0.2, -0.15) is 0 Å². The predicted molar refractivity (Wildman–Crippen MR) is 61.8 cm³/mol. The Balaban J connectivity index is 2.34. The van der Waals surface area contributed by atoms with Gasteiger partial charge in [0.2, 0.25) is 0 Å². The quantitative estimate of drug-likeness (QED) is 0.617. The molecule has 0 N–H and O–H groups in total. The molecule has 0 heterocycles. The van der Waals surface area contributed by atoms with E-state index in [1.165, 1.54) is 12.8 Å². The normalized spacial score (nSPS) is 18.1.